The van der Waals surface area contributed by atoms with Crippen molar-refractivity contribution in [3.63, 3.8) is 0 Å². The third-order valence-electron chi connectivity index (χ3n) is 2.56. The number of nitrogens with two attached hydrogens (primary N) is 1. The van der Waals surface area contributed by atoms with Crippen LogP contribution < -0.4 is 10.5 Å². The standard InChI is InChI=1S/C10H20N4O2S/c1-8(5-4-6-11)13-17(15,16)10-7-14(3)9(2)12-10/h7-8,13H,4-6,11H2,1-3H3. The van der Waals surface area contributed by atoms with Crippen molar-refractivity contribution in [3.8, 4) is 0 Å². The zero-order valence-corrected chi connectivity index (χ0v) is 11.3. The van der Waals surface area contributed by atoms with Crippen LogP contribution in [0, 0.1) is 6.92 Å². The summed E-state index contributed by atoms with van der Waals surface area (Å²) in [7, 11) is -1.75. The summed E-state index contributed by atoms with van der Waals surface area (Å²) < 4.78 is 28.2. The van der Waals surface area contributed by atoms with E-state index in [4.69, 9.17) is 5.73 Å². The number of hydrogen-bond donors (Lipinski definition) is 2. The first kappa shape index (κ1) is 14.1. The number of hydrogen-bond acceptors (Lipinski definition) is 4. The van der Waals surface area contributed by atoms with E-state index in [-0.39, 0.29) is 11.1 Å². The average molecular weight is 260 g/mol. The second-order valence-corrected chi connectivity index (χ2v) is 5.85. The zero-order chi connectivity index (χ0) is 13.1. The Morgan fingerprint density at radius 3 is 2.71 bits per heavy atom. The van der Waals surface area contributed by atoms with Crippen LogP contribution in [0.2, 0.25) is 0 Å². The third-order valence-corrected chi connectivity index (χ3v) is 4.02. The van der Waals surface area contributed by atoms with Gasteiger partial charge in [0.1, 0.15) is 5.82 Å². The van der Waals surface area contributed by atoms with Gasteiger partial charge in [-0.3, -0.25) is 0 Å². The van der Waals surface area contributed by atoms with E-state index in [1.807, 2.05) is 6.92 Å². The number of nitrogens with one attached hydrogen (secondary N) is 1. The van der Waals surface area contributed by atoms with E-state index < -0.39 is 10.0 Å². The molecule has 1 atom stereocenters. The fraction of sp³-hybridized carbons (Fsp3) is 0.700. The maximum atomic E-state index is 12.0. The van der Waals surface area contributed by atoms with Gasteiger partial charge in [-0.2, -0.15) is 0 Å². The molecule has 0 saturated carbocycles. The highest BCUT2D eigenvalue weighted by molar-refractivity contribution is 7.89. The second kappa shape index (κ2) is 5.61. The van der Waals surface area contributed by atoms with Gasteiger partial charge in [-0.1, -0.05) is 0 Å². The fourth-order valence-electron chi connectivity index (χ4n) is 1.46. The minimum absolute atomic E-state index is 0.0668. The van der Waals surface area contributed by atoms with Gasteiger partial charge in [-0.25, -0.2) is 18.1 Å². The van der Waals surface area contributed by atoms with Gasteiger partial charge in [0.15, 0.2) is 5.03 Å². The van der Waals surface area contributed by atoms with E-state index in [9.17, 15) is 8.42 Å². The zero-order valence-electron chi connectivity index (χ0n) is 10.5. The van der Waals surface area contributed by atoms with Crippen LogP contribution in [0.1, 0.15) is 25.6 Å². The van der Waals surface area contributed by atoms with E-state index in [1.54, 1.807) is 18.5 Å². The Bertz CT molecular complexity index is 447. The van der Waals surface area contributed by atoms with Crippen LogP contribution in [-0.2, 0) is 17.1 Å². The van der Waals surface area contributed by atoms with Crippen molar-refractivity contribution in [2.24, 2.45) is 12.8 Å². The molecule has 1 aromatic rings. The summed E-state index contributed by atoms with van der Waals surface area (Å²) in [6, 6.07) is -0.133. The molecule has 1 heterocycles. The minimum atomic E-state index is -3.51. The molecule has 7 heteroatoms. The van der Waals surface area contributed by atoms with Crippen molar-refractivity contribution in [2.45, 2.75) is 37.8 Å². The molecule has 98 valence electrons. The lowest BCUT2D eigenvalue weighted by atomic mass is 10.2. The molecule has 0 saturated heterocycles. The smallest absolute Gasteiger partial charge is 0.259 e. The van der Waals surface area contributed by atoms with E-state index in [0.29, 0.717) is 12.4 Å². The van der Waals surface area contributed by atoms with Crippen LogP contribution in [0.15, 0.2) is 11.2 Å². The Kier molecular flexibility index (Phi) is 4.67. The summed E-state index contributed by atoms with van der Waals surface area (Å²) in [4.78, 5) is 4.00. The first-order valence-electron chi connectivity index (χ1n) is 5.59. The number of imidazole rings is 1. The Morgan fingerprint density at radius 1 is 1.59 bits per heavy atom. The van der Waals surface area contributed by atoms with Gasteiger partial charge < -0.3 is 10.3 Å². The number of aryl methyl sites for hydroxylation is 2. The van der Waals surface area contributed by atoms with Crippen molar-refractivity contribution in [1.29, 1.82) is 0 Å². The normalized spacial score (nSPS) is 13.9. The molecule has 3 N–H and O–H groups in total. The fourth-order valence-corrected chi connectivity index (χ4v) is 2.78. The van der Waals surface area contributed by atoms with Crippen molar-refractivity contribution in [1.82, 2.24) is 14.3 Å². The Hall–Kier alpha value is -0.920. The molecule has 1 aromatic heterocycles. The van der Waals surface area contributed by atoms with E-state index >= 15 is 0 Å². The topological polar surface area (TPSA) is 90.0 Å². The molecule has 0 fully saturated rings. The maximum Gasteiger partial charge on any atom is 0.259 e. The lowest BCUT2D eigenvalue weighted by Crippen LogP contribution is -2.33. The van der Waals surface area contributed by atoms with Crippen LogP contribution in [0.3, 0.4) is 0 Å². The Balaban J connectivity index is 2.75. The van der Waals surface area contributed by atoms with Crippen LogP contribution in [0.4, 0.5) is 0 Å². The first-order valence-corrected chi connectivity index (χ1v) is 7.07. The van der Waals surface area contributed by atoms with Crippen LogP contribution in [0.5, 0.6) is 0 Å². The van der Waals surface area contributed by atoms with Gasteiger partial charge in [0.05, 0.1) is 0 Å². The molecule has 0 amide bonds. The van der Waals surface area contributed by atoms with E-state index in [1.165, 1.54) is 6.20 Å². The quantitative estimate of drug-likeness (QED) is 0.761. The Labute approximate surface area is 102 Å². The molecule has 17 heavy (non-hydrogen) atoms. The summed E-state index contributed by atoms with van der Waals surface area (Å²) >= 11 is 0. The van der Waals surface area contributed by atoms with Gasteiger partial charge in [-0.15, -0.1) is 0 Å². The van der Waals surface area contributed by atoms with Gasteiger partial charge in [0.25, 0.3) is 10.0 Å². The predicted molar refractivity (Wildman–Crippen MR) is 66.0 cm³/mol. The number of aromatic nitrogens is 2. The van der Waals surface area contributed by atoms with Crippen LogP contribution in [-0.4, -0.2) is 30.6 Å². The summed E-state index contributed by atoms with van der Waals surface area (Å²) in [6.07, 6.45) is 3.03. The molecule has 6 nitrogen and oxygen atoms in total. The molecule has 0 bridgehead atoms. The molecular weight excluding hydrogens is 240 g/mol. The molecule has 0 spiro atoms. The minimum Gasteiger partial charge on any atom is -0.337 e. The lowest BCUT2D eigenvalue weighted by Gasteiger charge is -2.12. The maximum absolute atomic E-state index is 12.0. The van der Waals surface area contributed by atoms with Gasteiger partial charge in [0.2, 0.25) is 0 Å². The van der Waals surface area contributed by atoms with Crippen molar-refractivity contribution in [3.05, 3.63) is 12.0 Å². The second-order valence-electron chi connectivity index (χ2n) is 4.19. The van der Waals surface area contributed by atoms with Crippen molar-refractivity contribution >= 4 is 10.0 Å². The van der Waals surface area contributed by atoms with Crippen LogP contribution in [0.25, 0.3) is 0 Å². The van der Waals surface area contributed by atoms with E-state index in [2.05, 4.69) is 9.71 Å². The van der Waals surface area contributed by atoms with Gasteiger partial charge in [0, 0.05) is 19.3 Å². The number of nitrogens with zero attached hydrogens (tertiary/aromatic N) is 2. The summed E-state index contributed by atoms with van der Waals surface area (Å²) in [5.41, 5.74) is 5.38. The molecule has 0 radical (unpaired) electrons. The molecular formula is C10H20N4O2S. The van der Waals surface area contributed by atoms with Crippen LogP contribution >= 0.6 is 0 Å². The first-order chi connectivity index (χ1) is 7.86. The molecule has 0 aliphatic carbocycles. The molecule has 1 unspecified atom stereocenters. The number of rotatable bonds is 6. The van der Waals surface area contributed by atoms with Crippen molar-refractivity contribution < 1.29 is 8.42 Å². The molecule has 0 aromatic carbocycles. The molecule has 1 rings (SSSR count). The van der Waals surface area contributed by atoms with Crippen molar-refractivity contribution in [2.75, 3.05) is 6.54 Å². The molecule has 0 aliphatic heterocycles. The summed E-state index contributed by atoms with van der Waals surface area (Å²) in [5, 5.41) is 0.0668. The highest BCUT2D eigenvalue weighted by Gasteiger charge is 2.20. The van der Waals surface area contributed by atoms with Gasteiger partial charge in [-0.05, 0) is 33.2 Å². The summed E-state index contributed by atoms with van der Waals surface area (Å²) in [5.74, 6) is 0.667. The predicted octanol–water partition coefficient (Wildman–Crippen LogP) is 0.134. The lowest BCUT2D eigenvalue weighted by molar-refractivity contribution is 0.536. The molecule has 0 aliphatic rings. The van der Waals surface area contributed by atoms with E-state index in [0.717, 1.165) is 12.8 Å². The highest BCUT2D eigenvalue weighted by atomic mass is 32.2. The summed E-state index contributed by atoms with van der Waals surface area (Å²) in [6.45, 7) is 4.15. The third kappa shape index (κ3) is 3.79. The average Bonchev–Trinajstić information content (AvgIpc) is 2.56. The highest BCUT2D eigenvalue weighted by Crippen LogP contribution is 2.09. The SMILES string of the molecule is Cc1nc(S(=O)(=O)NC(C)CCCN)cn1C. The largest absolute Gasteiger partial charge is 0.337 e. The monoisotopic (exact) mass is 260 g/mol. The number of sulfonamides is 1. The van der Waals surface area contributed by atoms with Gasteiger partial charge >= 0.3 is 0 Å². The Morgan fingerprint density at radius 2 is 2.24 bits per heavy atom.